The van der Waals surface area contributed by atoms with Gasteiger partial charge in [0.15, 0.2) is 12.1 Å². The Kier molecular flexibility index (Phi) is 4.83. The van der Waals surface area contributed by atoms with Crippen molar-refractivity contribution in [2.24, 2.45) is 5.92 Å². The Morgan fingerprint density at radius 1 is 1.32 bits per heavy atom. The summed E-state index contributed by atoms with van der Waals surface area (Å²) in [6.07, 6.45) is 4.22. The molecule has 3 heterocycles. The van der Waals surface area contributed by atoms with Gasteiger partial charge < -0.3 is 14.6 Å². The highest BCUT2D eigenvalue weighted by Gasteiger charge is 2.30. The number of carbonyl (C=O) groups excluding carboxylic acids is 2. The Bertz CT molecular complexity index is 983. The number of carbonyl (C=O) groups is 2. The van der Waals surface area contributed by atoms with E-state index in [1.807, 2.05) is 12.1 Å². The molecule has 1 atom stereocenters. The summed E-state index contributed by atoms with van der Waals surface area (Å²) in [5.41, 5.74) is 1.69. The number of rotatable bonds is 4. The summed E-state index contributed by atoms with van der Waals surface area (Å²) in [5, 5.41) is 14.0. The third-order valence-electron chi connectivity index (χ3n) is 4.75. The molecule has 0 spiro atoms. The van der Waals surface area contributed by atoms with Crippen molar-refractivity contribution in [1.29, 1.82) is 0 Å². The van der Waals surface area contributed by atoms with Gasteiger partial charge in [-0.25, -0.2) is 9.67 Å². The molecular formula is C18H19N7O3. The van der Waals surface area contributed by atoms with E-state index in [9.17, 15) is 9.59 Å². The van der Waals surface area contributed by atoms with E-state index < -0.39 is 0 Å². The number of aryl methyl sites for hydroxylation is 1. The summed E-state index contributed by atoms with van der Waals surface area (Å²) in [4.78, 5) is 31.0. The Hall–Kier alpha value is -3.56. The van der Waals surface area contributed by atoms with Gasteiger partial charge >= 0.3 is 0 Å². The average molecular weight is 381 g/mol. The quantitative estimate of drug-likeness (QED) is 0.726. The molecule has 0 saturated carbocycles. The maximum absolute atomic E-state index is 12.8. The van der Waals surface area contributed by atoms with Gasteiger partial charge in [-0.3, -0.25) is 9.59 Å². The Balaban J connectivity index is 1.43. The summed E-state index contributed by atoms with van der Waals surface area (Å²) < 4.78 is 6.63. The van der Waals surface area contributed by atoms with Crippen LogP contribution in [0.1, 0.15) is 29.1 Å². The molecule has 1 aromatic carbocycles. The summed E-state index contributed by atoms with van der Waals surface area (Å²) in [5.74, 6) is -0.134. The van der Waals surface area contributed by atoms with Crippen LogP contribution in [0.5, 0.6) is 0 Å². The molecule has 0 unspecified atom stereocenters. The first-order valence-electron chi connectivity index (χ1n) is 8.95. The van der Waals surface area contributed by atoms with Crippen LogP contribution in [0.4, 0.5) is 5.69 Å². The molecule has 10 heteroatoms. The van der Waals surface area contributed by atoms with Crippen molar-refractivity contribution in [3.63, 3.8) is 0 Å². The van der Waals surface area contributed by atoms with E-state index in [1.54, 1.807) is 24.0 Å². The van der Waals surface area contributed by atoms with Crippen LogP contribution in [-0.4, -0.2) is 55.0 Å². The molecule has 1 aliphatic rings. The van der Waals surface area contributed by atoms with Gasteiger partial charge in [-0.15, -0.1) is 5.10 Å². The number of hydrogen-bond donors (Lipinski definition) is 1. The van der Waals surface area contributed by atoms with Gasteiger partial charge in [-0.05, 0) is 48.4 Å². The van der Waals surface area contributed by atoms with Crippen LogP contribution in [0.25, 0.3) is 5.69 Å². The number of benzene rings is 1. The van der Waals surface area contributed by atoms with Crippen molar-refractivity contribution in [1.82, 2.24) is 30.1 Å². The highest BCUT2D eigenvalue weighted by atomic mass is 16.3. The fourth-order valence-electron chi connectivity index (χ4n) is 3.29. The number of amides is 2. The van der Waals surface area contributed by atoms with Crippen LogP contribution in [0.15, 0.2) is 41.4 Å². The van der Waals surface area contributed by atoms with E-state index in [1.165, 1.54) is 17.4 Å². The molecule has 1 aliphatic heterocycles. The average Bonchev–Trinajstić information content (AvgIpc) is 3.39. The van der Waals surface area contributed by atoms with Gasteiger partial charge in [-0.1, -0.05) is 6.07 Å². The minimum Gasteiger partial charge on any atom is -0.448 e. The number of nitrogens with zero attached hydrogens (tertiary/aromatic N) is 6. The second-order valence-corrected chi connectivity index (χ2v) is 6.64. The second-order valence-electron chi connectivity index (χ2n) is 6.64. The normalized spacial score (nSPS) is 16.8. The zero-order valence-corrected chi connectivity index (χ0v) is 15.3. The van der Waals surface area contributed by atoms with Gasteiger partial charge in [0, 0.05) is 18.8 Å². The molecule has 10 nitrogen and oxygen atoms in total. The number of oxazole rings is 1. The van der Waals surface area contributed by atoms with E-state index in [0.717, 1.165) is 18.5 Å². The molecule has 0 aliphatic carbocycles. The number of aromatic nitrogens is 5. The lowest BCUT2D eigenvalue weighted by molar-refractivity contribution is -0.121. The van der Waals surface area contributed by atoms with E-state index in [-0.39, 0.29) is 17.7 Å². The lowest BCUT2D eigenvalue weighted by atomic mass is 9.96. The Morgan fingerprint density at radius 3 is 2.96 bits per heavy atom. The van der Waals surface area contributed by atoms with E-state index >= 15 is 0 Å². The smallest absolute Gasteiger partial charge is 0.276 e. The molecule has 1 saturated heterocycles. The van der Waals surface area contributed by atoms with Gasteiger partial charge in [0.1, 0.15) is 12.1 Å². The number of likely N-dealkylation sites (tertiary alicyclic amines) is 1. The lowest BCUT2D eigenvalue weighted by Crippen LogP contribution is -2.44. The fraction of sp³-hybridized carbons (Fsp3) is 0.333. The number of piperidine rings is 1. The van der Waals surface area contributed by atoms with Gasteiger partial charge in [0.25, 0.3) is 5.91 Å². The zero-order valence-electron chi connectivity index (χ0n) is 15.3. The van der Waals surface area contributed by atoms with E-state index in [0.29, 0.717) is 30.2 Å². The molecule has 4 rings (SSSR count). The summed E-state index contributed by atoms with van der Waals surface area (Å²) in [6.45, 7) is 2.65. The molecule has 2 aromatic heterocycles. The maximum atomic E-state index is 12.8. The number of hydrogen-bond acceptors (Lipinski definition) is 7. The standard InChI is InChI=1S/C18H19N7O3/c1-12-16(19-11-28-12)18(27)24-7-3-4-13(9-24)17(26)21-14-5-2-6-15(8-14)25-10-20-22-23-25/h2,5-6,8,10-11,13H,3-4,7,9H2,1H3,(H,21,26)/t13-/m1/s1. The summed E-state index contributed by atoms with van der Waals surface area (Å²) >= 11 is 0. The largest absolute Gasteiger partial charge is 0.448 e. The van der Waals surface area contributed by atoms with Crippen molar-refractivity contribution in [2.75, 3.05) is 18.4 Å². The first-order valence-corrected chi connectivity index (χ1v) is 8.95. The van der Waals surface area contributed by atoms with Crippen molar-refractivity contribution in [3.05, 3.63) is 48.4 Å². The number of tetrazole rings is 1. The third-order valence-corrected chi connectivity index (χ3v) is 4.75. The predicted octanol–water partition coefficient (Wildman–Crippen LogP) is 1.45. The molecule has 0 bridgehead atoms. The predicted molar refractivity (Wildman–Crippen MR) is 97.7 cm³/mol. The fourth-order valence-corrected chi connectivity index (χ4v) is 3.29. The van der Waals surface area contributed by atoms with E-state index in [4.69, 9.17) is 4.42 Å². The van der Waals surface area contributed by atoms with Crippen LogP contribution in [0.3, 0.4) is 0 Å². The van der Waals surface area contributed by atoms with Crippen LogP contribution in [-0.2, 0) is 4.79 Å². The second kappa shape index (κ2) is 7.59. The molecule has 2 amide bonds. The molecule has 28 heavy (non-hydrogen) atoms. The Labute approximate surface area is 160 Å². The minimum atomic E-state index is -0.290. The van der Waals surface area contributed by atoms with Crippen molar-refractivity contribution in [3.8, 4) is 5.69 Å². The molecule has 0 radical (unpaired) electrons. The first kappa shape index (κ1) is 17.8. The summed E-state index contributed by atoms with van der Waals surface area (Å²) in [6, 6.07) is 7.25. The number of nitrogens with one attached hydrogen (secondary N) is 1. The summed E-state index contributed by atoms with van der Waals surface area (Å²) in [7, 11) is 0. The topological polar surface area (TPSA) is 119 Å². The van der Waals surface area contributed by atoms with E-state index in [2.05, 4.69) is 25.8 Å². The Morgan fingerprint density at radius 2 is 2.21 bits per heavy atom. The zero-order chi connectivity index (χ0) is 19.5. The first-order chi connectivity index (χ1) is 13.6. The number of anilines is 1. The van der Waals surface area contributed by atoms with Crippen molar-refractivity contribution < 1.29 is 14.0 Å². The van der Waals surface area contributed by atoms with Crippen LogP contribution < -0.4 is 5.32 Å². The monoisotopic (exact) mass is 381 g/mol. The molecule has 144 valence electrons. The van der Waals surface area contributed by atoms with Gasteiger partial charge in [0.2, 0.25) is 5.91 Å². The van der Waals surface area contributed by atoms with Gasteiger partial charge in [-0.2, -0.15) is 0 Å². The third kappa shape index (κ3) is 3.61. The molecular weight excluding hydrogens is 362 g/mol. The highest BCUT2D eigenvalue weighted by molar-refractivity contribution is 5.95. The maximum Gasteiger partial charge on any atom is 0.276 e. The molecule has 1 fully saturated rings. The molecule has 1 N–H and O–H groups in total. The lowest BCUT2D eigenvalue weighted by Gasteiger charge is -2.31. The van der Waals surface area contributed by atoms with Crippen LogP contribution in [0.2, 0.25) is 0 Å². The molecule has 3 aromatic rings. The van der Waals surface area contributed by atoms with Crippen LogP contribution >= 0.6 is 0 Å². The minimum absolute atomic E-state index is 0.122. The van der Waals surface area contributed by atoms with Crippen molar-refractivity contribution >= 4 is 17.5 Å². The SMILES string of the molecule is Cc1ocnc1C(=O)N1CCC[C@@H](C(=O)Nc2cccc(-n3cnnn3)c2)C1. The highest BCUT2D eigenvalue weighted by Crippen LogP contribution is 2.22. The van der Waals surface area contributed by atoms with Crippen molar-refractivity contribution in [2.45, 2.75) is 19.8 Å². The van der Waals surface area contributed by atoms with Gasteiger partial charge in [0.05, 0.1) is 11.6 Å². The van der Waals surface area contributed by atoms with Crippen LogP contribution in [0, 0.1) is 12.8 Å².